The second-order valence-corrected chi connectivity index (χ2v) is 6.68. The number of nitrogens with one attached hydrogen (secondary N) is 2. The Hall–Kier alpha value is -2.60. The molecule has 0 radical (unpaired) electrons. The minimum Gasteiger partial charge on any atom is -0.380 e. The van der Waals surface area contributed by atoms with E-state index in [0.29, 0.717) is 12.1 Å². The first-order chi connectivity index (χ1) is 12.1. The van der Waals surface area contributed by atoms with E-state index >= 15 is 0 Å². The first-order valence-corrected chi connectivity index (χ1v) is 8.51. The number of benzene rings is 1. The zero-order valence-corrected chi connectivity index (χ0v) is 14.7. The number of hydrogen-bond donors (Lipinski definition) is 2. The molecule has 1 aliphatic rings. The molecule has 1 amide bonds. The summed E-state index contributed by atoms with van der Waals surface area (Å²) >= 11 is 0. The average molecular weight is 338 g/mol. The fourth-order valence-corrected chi connectivity index (χ4v) is 3.54. The number of H-pyrrole nitrogens is 2. The third kappa shape index (κ3) is 2.72. The Morgan fingerprint density at radius 1 is 1.32 bits per heavy atom. The van der Waals surface area contributed by atoms with Crippen LogP contribution in [0, 0.1) is 13.8 Å². The van der Waals surface area contributed by atoms with Gasteiger partial charge in [-0.1, -0.05) is 0 Å². The fourth-order valence-electron chi connectivity index (χ4n) is 3.54. The maximum Gasteiger partial charge on any atom is 0.254 e. The van der Waals surface area contributed by atoms with Crippen LogP contribution >= 0.6 is 0 Å². The number of rotatable bonds is 3. The number of amides is 1. The topological polar surface area (TPSA) is 74.0 Å². The van der Waals surface area contributed by atoms with Gasteiger partial charge in [0.05, 0.1) is 17.8 Å². The minimum atomic E-state index is -0.0910. The monoisotopic (exact) mass is 338 g/mol. The summed E-state index contributed by atoms with van der Waals surface area (Å²) in [4.78, 5) is 26.1. The number of nitrogens with zero attached hydrogens (tertiary/aromatic N) is 2. The summed E-state index contributed by atoms with van der Waals surface area (Å²) < 4.78 is 5.53. The van der Waals surface area contributed by atoms with Gasteiger partial charge in [-0.05, 0) is 38.1 Å². The van der Waals surface area contributed by atoms with Gasteiger partial charge in [-0.15, -0.1) is 0 Å². The molecule has 3 heterocycles. The van der Waals surface area contributed by atoms with Crippen molar-refractivity contribution in [3.63, 3.8) is 0 Å². The van der Waals surface area contributed by atoms with Crippen LogP contribution in [0.1, 0.15) is 40.0 Å². The van der Waals surface area contributed by atoms with E-state index in [4.69, 9.17) is 4.74 Å². The first kappa shape index (κ1) is 15.9. The number of ether oxygens (including phenoxy) is 1. The quantitative estimate of drug-likeness (QED) is 0.770. The zero-order chi connectivity index (χ0) is 17.6. The van der Waals surface area contributed by atoms with Crippen LogP contribution in [-0.2, 0) is 4.74 Å². The molecule has 0 saturated carbocycles. The maximum atomic E-state index is 13.2. The van der Waals surface area contributed by atoms with Crippen molar-refractivity contribution in [3.8, 4) is 0 Å². The van der Waals surface area contributed by atoms with Crippen molar-refractivity contribution in [3.05, 3.63) is 53.2 Å². The van der Waals surface area contributed by atoms with Gasteiger partial charge in [-0.3, -0.25) is 4.79 Å². The SMILES string of the molecule is CO[C@@H]1C[C@@H](c2nc(C)c(C)[nH]2)N(C(=O)c2ccc3[nH]ccc3c2)C1. The Kier molecular flexibility index (Phi) is 3.84. The third-order valence-corrected chi connectivity index (χ3v) is 5.12. The number of hydrogen-bond acceptors (Lipinski definition) is 3. The van der Waals surface area contributed by atoms with Crippen molar-refractivity contribution >= 4 is 16.8 Å². The van der Waals surface area contributed by atoms with Crippen LogP contribution in [-0.4, -0.2) is 45.5 Å². The van der Waals surface area contributed by atoms with Gasteiger partial charge in [-0.25, -0.2) is 4.98 Å². The van der Waals surface area contributed by atoms with Crippen LogP contribution in [0.25, 0.3) is 10.9 Å². The van der Waals surface area contributed by atoms with Crippen molar-refractivity contribution in [2.75, 3.05) is 13.7 Å². The number of carbonyl (C=O) groups is 1. The van der Waals surface area contributed by atoms with Crippen molar-refractivity contribution < 1.29 is 9.53 Å². The van der Waals surface area contributed by atoms with Gasteiger partial charge >= 0.3 is 0 Å². The molecule has 1 aromatic carbocycles. The van der Waals surface area contributed by atoms with Gasteiger partial charge in [0.1, 0.15) is 5.82 Å². The molecular formula is C19H22N4O2. The Bertz CT molecular complexity index is 907. The van der Waals surface area contributed by atoms with Gasteiger partial charge < -0.3 is 19.6 Å². The first-order valence-electron chi connectivity index (χ1n) is 8.51. The highest BCUT2D eigenvalue weighted by molar-refractivity contribution is 5.98. The number of imidazole rings is 1. The molecule has 0 unspecified atom stereocenters. The lowest BCUT2D eigenvalue weighted by Crippen LogP contribution is -2.32. The average Bonchev–Trinajstić information content (AvgIpc) is 3.32. The van der Waals surface area contributed by atoms with Crippen molar-refractivity contribution in [1.82, 2.24) is 19.9 Å². The molecule has 4 rings (SSSR count). The normalized spacial score (nSPS) is 20.5. The summed E-state index contributed by atoms with van der Waals surface area (Å²) in [5, 5.41) is 1.04. The molecule has 3 aromatic rings. The van der Waals surface area contributed by atoms with Crippen LogP contribution in [0.4, 0.5) is 0 Å². The molecule has 25 heavy (non-hydrogen) atoms. The second-order valence-electron chi connectivity index (χ2n) is 6.68. The van der Waals surface area contributed by atoms with Gasteiger partial charge in [0.25, 0.3) is 5.91 Å². The summed E-state index contributed by atoms with van der Waals surface area (Å²) in [5.74, 6) is 0.852. The minimum absolute atomic E-state index is 0.0133. The summed E-state index contributed by atoms with van der Waals surface area (Å²) in [6, 6.07) is 7.64. The summed E-state index contributed by atoms with van der Waals surface area (Å²) in [5.41, 5.74) is 3.73. The highest BCUT2D eigenvalue weighted by Gasteiger charge is 2.38. The van der Waals surface area contributed by atoms with Gasteiger partial charge in [0, 0.05) is 48.4 Å². The van der Waals surface area contributed by atoms with E-state index in [1.54, 1.807) is 7.11 Å². The van der Waals surface area contributed by atoms with E-state index in [0.717, 1.165) is 34.5 Å². The van der Waals surface area contributed by atoms with Crippen LogP contribution in [0.15, 0.2) is 30.5 Å². The lowest BCUT2D eigenvalue weighted by Gasteiger charge is -2.23. The van der Waals surface area contributed by atoms with Gasteiger partial charge in [0.2, 0.25) is 0 Å². The third-order valence-electron chi connectivity index (χ3n) is 5.12. The largest absolute Gasteiger partial charge is 0.380 e. The Morgan fingerprint density at radius 3 is 2.88 bits per heavy atom. The van der Waals surface area contributed by atoms with Crippen LogP contribution in [0.2, 0.25) is 0 Å². The predicted octanol–water partition coefficient (Wildman–Crippen LogP) is 3.11. The van der Waals surface area contributed by atoms with Crippen molar-refractivity contribution in [2.45, 2.75) is 32.4 Å². The Balaban J connectivity index is 1.68. The summed E-state index contributed by atoms with van der Waals surface area (Å²) in [7, 11) is 1.69. The molecule has 0 aliphatic carbocycles. The maximum absolute atomic E-state index is 13.2. The molecule has 2 aromatic heterocycles. The molecule has 2 atom stereocenters. The number of likely N-dealkylation sites (tertiary alicyclic amines) is 1. The number of aromatic amines is 2. The molecule has 6 heteroatoms. The molecule has 1 aliphatic heterocycles. The van der Waals surface area contributed by atoms with Crippen LogP contribution in [0.3, 0.4) is 0 Å². The number of carbonyl (C=O) groups excluding carboxylic acids is 1. The Labute approximate surface area is 146 Å². The number of aryl methyl sites for hydroxylation is 2. The summed E-state index contributed by atoms with van der Waals surface area (Å²) in [6.07, 6.45) is 2.66. The van der Waals surface area contributed by atoms with Crippen molar-refractivity contribution in [1.29, 1.82) is 0 Å². The van der Waals surface area contributed by atoms with Crippen LogP contribution in [0.5, 0.6) is 0 Å². The van der Waals surface area contributed by atoms with E-state index in [-0.39, 0.29) is 18.1 Å². The lowest BCUT2D eigenvalue weighted by molar-refractivity contribution is 0.0684. The molecular weight excluding hydrogens is 316 g/mol. The number of fused-ring (bicyclic) bond motifs is 1. The molecule has 2 N–H and O–H groups in total. The lowest BCUT2D eigenvalue weighted by atomic mass is 10.1. The van der Waals surface area contributed by atoms with E-state index in [1.807, 2.05) is 49.2 Å². The van der Waals surface area contributed by atoms with E-state index in [1.165, 1.54) is 0 Å². The Morgan fingerprint density at radius 2 is 2.16 bits per heavy atom. The number of aromatic nitrogens is 3. The standard InChI is InChI=1S/C19H22N4O2/c1-11-12(2)22-18(21-11)17-9-15(25-3)10-23(17)19(24)14-4-5-16-13(8-14)6-7-20-16/h4-8,15,17,20H,9-10H2,1-3H3,(H,21,22)/t15-,17+/m1/s1. The highest BCUT2D eigenvalue weighted by atomic mass is 16.5. The van der Waals surface area contributed by atoms with E-state index < -0.39 is 0 Å². The molecule has 1 saturated heterocycles. The molecule has 0 spiro atoms. The zero-order valence-electron chi connectivity index (χ0n) is 14.7. The molecule has 6 nitrogen and oxygen atoms in total. The van der Waals surface area contributed by atoms with E-state index in [2.05, 4.69) is 15.0 Å². The molecule has 0 bridgehead atoms. The number of methoxy groups -OCH3 is 1. The second kappa shape index (κ2) is 6.04. The summed E-state index contributed by atoms with van der Waals surface area (Å²) in [6.45, 7) is 4.55. The van der Waals surface area contributed by atoms with Gasteiger partial charge in [-0.2, -0.15) is 0 Å². The van der Waals surface area contributed by atoms with E-state index in [9.17, 15) is 4.79 Å². The molecule has 1 fully saturated rings. The van der Waals surface area contributed by atoms with Crippen LogP contribution < -0.4 is 0 Å². The predicted molar refractivity (Wildman–Crippen MR) is 95.6 cm³/mol. The fraction of sp³-hybridized carbons (Fsp3) is 0.368. The smallest absolute Gasteiger partial charge is 0.254 e. The van der Waals surface area contributed by atoms with Crippen molar-refractivity contribution in [2.24, 2.45) is 0 Å². The highest BCUT2D eigenvalue weighted by Crippen LogP contribution is 2.33. The molecule has 130 valence electrons. The van der Waals surface area contributed by atoms with Gasteiger partial charge in [0.15, 0.2) is 0 Å².